The summed E-state index contributed by atoms with van der Waals surface area (Å²) < 4.78 is 63.0. The molecule has 196 valence electrons. The van der Waals surface area contributed by atoms with E-state index in [0.29, 0.717) is 12.1 Å². The van der Waals surface area contributed by atoms with Crippen molar-refractivity contribution in [3.63, 3.8) is 0 Å². The van der Waals surface area contributed by atoms with Gasteiger partial charge in [-0.3, -0.25) is 4.98 Å². The number of halogens is 3. The molecule has 0 bridgehead atoms. The van der Waals surface area contributed by atoms with Crippen molar-refractivity contribution in [1.82, 2.24) is 25.3 Å². The van der Waals surface area contributed by atoms with Crippen LogP contribution in [-0.4, -0.2) is 89.5 Å². The molecule has 0 aromatic carbocycles. The largest absolute Gasteiger partial charge is 0.474 e. The highest BCUT2D eigenvalue weighted by Crippen LogP contribution is 2.37. The Morgan fingerprint density at radius 3 is 2.61 bits per heavy atom. The van der Waals surface area contributed by atoms with Crippen molar-refractivity contribution in [2.75, 3.05) is 49.6 Å². The number of piperazine rings is 1. The SMILES string of the molecule is CC1(C)O[C@@H]2[C@H](O1)[C@@H](Nc1cncc(C(F)(F)F)n1)CO[C@@H]2COc1cnc(N2CCNCC2)cn1. The number of ether oxygens (including phenoxy) is 4. The van der Waals surface area contributed by atoms with E-state index in [0.717, 1.165) is 32.0 Å². The molecule has 4 atom stereocenters. The lowest BCUT2D eigenvalue weighted by molar-refractivity contribution is -0.156. The zero-order valence-electron chi connectivity index (χ0n) is 19.9. The molecule has 0 radical (unpaired) electrons. The Bertz CT molecular complexity index is 1040. The topological polar surface area (TPSA) is 116 Å². The molecule has 2 aromatic heterocycles. The lowest BCUT2D eigenvalue weighted by Gasteiger charge is -2.37. The molecule has 14 heteroatoms. The molecular formula is C22H28F3N7O4. The summed E-state index contributed by atoms with van der Waals surface area (Å²) in [7, 11) is 0. The summed E-state index contributed by atoms with van der Waals surface area (Å²) in [6, 6.07) is -0.510. The van der Waals surface area contributed by atoms with Gasteiger partial charge in [-0.2, -0.15) is 13.2 Å². The summed E-state index contributed by atoms with van der Waals surface area (Å²) in [4.78, 5) is 18.2. The first-order chi connectivity index (χ1) is 17.2. The van der Waals surface area contributed by atoms with Gasteiger partial charge in [0.25, 0.3) is 0 Å². The van der Waals surface area contributed by atoms with Crippen LogP contribution >= 0.6 is 0 Å². The Kier molecular flexibility index (Phi) is 6.85. The maximum atomic E-state index is 13.0. The second kappa shape index (κ2) is 9.92. The fraction of sp³-hybridized carbons (Fsp3) is 0.636. The van der Waals surface area contributed by atoms with E-state index in [-0.39, 0.29) is 19.0 Å². The predicted molar refractivity (Wildman–Crippen MR) is 121 cm³/mol. The smallest absolute Gasteiger partial charge is 0.434 e. The average molecular weight is 512 g/mol. The molecular weight excluding hydrogens is 483 g/mol. The van der Waals surface area contributed by atoms with Gasteiger partial charge in [0.05, 0.1) is 37.4 Å². The van der Waals surface area contributed by atoms with Crippen LogP contribution in [0, 0.1) is 0 Å². The molecule has 2 N–H and O–H groups in total. The fourth-order valence-corrected chi connectivity index (χ4v) is 4.47. The third kappa shape index (κ3) is 5.61. The van der Waals surface area contributed by atoms with Gasteiger partial charge in [-0.1, -0.05) is 0 Å². The first-order valence-corrected chi connectivity index (χ1v) is 11.7. The molecule has 0 spiro atoms. The lowest BCUT2D eigenvalue weighted by atomic mass is 9.98. The number of anilines is 2. The van der Waals surface area contributed by atoms with Crippen LogP contribution in [0.3, 0.4) is 0 Å². The zero-order chi connectivity index (χ0) is 25.3. The minimum atomic E-state index is -4.60. The molecule has 3 fully saturated rings. The number of fused-ring (bicyclic) bond motifs is 1. The summed E-state index contributed by atoms with van der Waals surface area (Å²) in [5, 5.41) is 6.25. The van der Waals surface area contributed by atoms with Gasteiger partial charge in [-0.25, -0.2) is 15.0 Å². The van der Waals surface area contributed by atoms with Crippen LogP contribution in [-0.2, 0) is 20.4 Å². The molecule has 2 aromatic rings. The van der Waals surface area contributed by atoms with Crippen LogP contribution in [0.25, 0.3) is 0 Å². The number of hydrogen-bond donors (Lipinski definition) is 2. The Morgan fingerprint density at radius 2 is 1.89 bits per heavy atom. The second-order valence-electron chi connectivity index (χ2n) is 9.24. The predicted octanol–water partition coefficient (Wildman–Crippen LogP) is 1.47. The number of hydrogen-bond acceptors (Lipinski definition) is 11. The Morgan fingerprint density at radius 1 is 1.11 bits per heavy atom. The highest BCUT2D eigenvalue weighted by molar-refractivity contribution is 5.37. The van der Waals surface area contributed by atoms with E-state index in [4.69, 9.17) is 18.9 Å². The fourth-order valence-electron chi connectivity index (χ4n) is 4.47. The maximum absolute atomic E-state index is 13.0. The third-order valence-corrected chi connectivity index (χ3v) is 6.13. The molecule has 0 unspecified atom stereocenters. The normalized spacial score (nSPS) is 28.0. The molecule has 3 saturated heterocycles. The zero-order valence-corrected chi connectivity index (χ0v) is 19.9. The summed E-state index contributed by atoms with van der Waals surface area (Å²) in [6.07, 6.45) is -0.974. The monoisotopic (exact) mass is 511 g/mol. The lowest BCUT2D eigenvalue weighted by Crippen LogP contribution is -2.55. The highest BCUT2D eigenvalue weighted by atomic mass is 19.4. The average Bonchev–Trinajstić information content (AvgIpc) is 3.20. The van der Waals surface area contributed by atoms with E-state index < -0.39 is 42.0 Å². The summed E-state index contributed by atoms with van der Waals surface area (Å²) in [6.45, 7) is 7.34. The second-order valence-corrected chi connectivity index (χ2v) is 9.24. The number of alkyl halides is 3. The van der Waals surface area contributed by atoms with Gasteiger partial charge in [-0.15, -0.1) is 0 Å². The number of nitrogens with one attached hydrogen (secondary N) is 2. The van der Waals surface area contributed by atoms with Crippen molar-refractivity contribution in [3.05, 3.63) is 30.5 Å². The standard InChI is InChI=1S/C22H28F3N7O4/c1-21(2)35-19-13(30-16-8-27-7-15(31-16)22(23,24)25)11-33-14(20(19)36-21)12-34-18-10-28-17(9-29-18)32-5-3-26-4-6-32/h7-10,13-14,19-20,26H,3-6,11-12H2,1-2H3,(H,30,31)/t13-,14+,19+,20-/m0/s1. The molecule has 5 rings (SSSR count). The van der Waals surface area contributed by atoms with Crippen molar-refractivity contribution in [1.29, 1.82) is 0 Å². The van der Waals surface area contributed by atoms with Gasteiger partial charge in [-0.05, 0) is 13.8 Å². The number of aromatic nitrogens is 4. The maximum Gasteiger partial charge on any atom is 0.434 e. The van der Waals surface area contributed by atoms with E-state index >= 15 is 0 Å². The molecule has 0 aliphatic carbocycles. The van der Waals surface area contributed by atoms with Crippen molar-refractivity contribution in [2.24, 2.45) is 0 Å². The summed E-state index contributed by atoms with van der Waals surface area (Å²) >= 11 is 0. The quantitative estimate of drug-likeness (QED) is 0.588. The van der Waals surface area contributed by atoms with Crippen LogP contribution in [0.15, 0.2) is 24.8 Å². The summed E-state index contributed by atoms with van der Waals surface area (Å²) in [5.41, 5.74) is -1.08. The van der Waals surface area contributed by atoms with E-state index in [1.807, 2.05) is 0 Å². The van der Waals surface area contributed by atoms with Crippen LogP contribution in [0.5, 0.6) is 5.88 Å². The van der Waals surface area contributed by atoms with Gasteiger partial charge in [0.1, 0.15) is 36.6 Å². The molecule has 11 nitrogen and oxygen atoms in total. The Hall–Kier alpha value is -2.81. The third-order valence-electron chi connectivity index (χ3n) is 6.13. The van der Waals surface area contributed by atoms with Crippen molar-refractivity contribution in [3.8, 4) is 5.88 Å². The van der Waals surface area contributed by atoms with Gasteiger partial charge >= 0.3 is 6.18 Å². The molecule has 5 heterocycles. The van der Waals surface area contributed by atoms with E-state index in [2.05, 4.69) is 35.5 Å². The van der Waals surface area contributed by atoms with Crippen LogP contribution in [0.4, 0.5) is 24.8 Å². The van der Waals surface area contributed by atoms with Crippen LogP contribution in [0.2, 0.25) is 0 Å². The Labute approximate surface area is 205 Å². The number of rotatable bonds is 6. The van der Waals surface area contributed by atoms with Crippen LogP contribution in [0.1, 0.15) is 19.5 Å². The number of nitrogens with zero attached hydrogens (tertiary/aromatic N) is 5. The first-order valence-electron chi connectivity index (χ1n) is 11.7. The molecule has 0 amide bonds. The van der Waals surface area contributed by atoms with Crippen molar-refractivity contribution in [2.45, 2.75) is 50.2 Å². The molecule has 3 aliphatic rings. The van der Waals surface area contributed by atoms with Gasteiger partial charge in [0, 0.05) is 26.2 Å². The molecule has 36 heavy (non-hydrogen) atoms. The highest BCUT2D eigenvalue weighted by Gasteiger charge is 2.52. The van der Waals surface area contributed by atoms with Crippen molar-refractivity contribution >= 4 is 11.6 Å². The van der Waals surface area contributed by atoms with Gasteiger partial charge in [0.2, 0.25) is 5.88 Å². The molecule has 0 saturated carbocycles. The van der Waals surface area contributed by atoms with Crippen molar-refractivity contribution < 1.29 is 32.1 Å². The summed E-state index contributed by atoms with van der Waals surface area (Å²) in [5.74, 6) is 0.205. The first kappa shape index (κ1) is 24.9. The van der Waals surface area contributed by atoms with Gasteiger partial charge in [0.15, 0.2) is 11.5 Å². The minimum Gasteiger partial charge on any atom is -0.474 e. The van der Waals surface area contributed by atoms with Crippen LogP contribution < -0.4 is 20.3 Å². The van der Waals surface area contributed by atoms with E-state index in [1.54, 1.807) is 26.2 Å². The van der Waals surface area contributed by atoms with E-state index in [9.17, 15) is 13.2 Å². The van der Waals surface area contributed by atoms with E-state index in [1.165, 1.54) is 6.20 Å². The Balaban J connectivity index is 1.22. The van der Waals surface area contributed by atoms with Gasteiger partial charge < -0.3 is 34.5 Å². The molecule has 3 aliphatic heterocycles. The minimum absolute atomic E-state index is 0.0277.